The lowest BCUT2D eigenvalue weighted by molar-refractivity contribution is -0.118. The lowest BCUT2D eigenvalue weighted by Crippen LogP contribution is -2.26. The number of amides is 1. The van der Waals surface area contributed by atoms with E-state index in [-0.39, 0.29) is 28.3 Å². The summed E-state index contributed by atoms with van der Waals surface area (Å²) in [6, 6.07) is 6.47. The molecule has 214 valence electrons. The van der Waals surface area contributed by atoms with E-state index in [1.807, 2.05) is 0 Å². The molecular weight excluding hydrogens is 502 g/mol. The number of ketones is 1. The van der Waals surface area contributed by atoms with Crippen LogP contribution in [0.2, 0.25) is 0 Å². The van der Waals surface area contributed by atoms with Crippen molar-refractivity contribution in [3.63, 3.8) is 0 Å². The van der Waals surface area contributed by atoms with E-state index in [0.29, 0.717) is 19.4 Å². The highest BCUT2D eigenvalue weighted by molar-refractivity contribution is 8.00. The van der Waals surface area contributed by atoms with Crippen molar-refractivity contribution in [1.29, 1.82) is 0 Å². The molecule has 1 rings (SSSR count). The number of rotatable bonds is 22. The second-order valence-corrected chi connectivity index (χ2v) is 10.6. The Morgan fingerprint density at radius 3 is 2.00 bits per heavy atom. The molecule has 2 N–H and O–H groups in total. The van der Waals surface area contributed by atoms with E-state index >= 15 is 0 Å². The summed E-state index contributed by atoms with van der Waals surface area (Å²) in [6.45, 7) is 4.64. The van der Waals surface area contributed by atoms with Crippen LogP contribution < -0.4 is 5.32 Å². The topological polar surface area (TPSA) is 66.4 Å². The summed E-state index contributed by atoms with van der Waals surface area (Å²) in [5.41, 5.74) is 0.260. The van der Waals surface area contributed by atoms with Crippen molar-refractivity contribution in [3.05, 3.63) is 90.6 Å². The second-order valence-electron chi connectivity index (χ2n) is 9.31. The summed E-state index contributed by atoms with van der Waals surface area (Å²) < 4.78 is 0. The van der Waals surface area contributed by atoms with Gasteiger partial charge in [0, 0.05) is 13.0 Å². The van der Waals surface area contributed by atoms with Gasteiger partial charge in [-0.2, -0.15) is 11.8 Å². The van der Waals surface area contributed by atoms with E-state index in [1.54, 1.807) is 30.0 Å². The normalized spacial score (nSPS) is 13.0. The maximum Gasteiger partial charge on any atom is 0.255 e. The molecule has 1 atom stereocenters. The molecule has 0 radical (unpaired) electrons. The van der Waals surface area contributed by atoms with Crippen molar-refractivity contribution in [2.24, 2.45) is 0 Å². The minimum absolute atomic E-state index is 0.0325. The number of carbonyl (C=O) groups excluding carboxylic acids is 2. The van der Waals surface area contributed by atoms with Gasteiger partial charge in [0.25, 0.3) is 5.91 Å². The number of hydrogen-bond donors (Lipinski definition) is 2. The van der Waals surface area contributed by atoms with Gasteiger partial charge in [-0.25, -0.2) is 0 Å². The minimum Gasteiger partial charge on any atom is -0.507 e. The average molecular weight is 552 g/mol. The standard InChI is InChI=1S/C34H49NO3S/c1-3-5-6-7-8-9-10-11-12-13-14-15-16-17-18-19-20-23-29-39-33(4-2)32(37)27-24-28-35-34(38)30-25-21-22-26-31(30)36/h5-6,8-9,11-12,14-15,17-18,21-22,25-26,33,36H,3-4,7,10,13,16,19-20,23-24,27-29H2,1-2H3,(H,35,38)/b6-5-,9-8-,12-11-,15-14-,18-17-/t33-/m1/s1. The Hall–Kier alpha value is -2.79. The van der Waals surface area contributed by atoms with Gasteiger partial charge in [-0.15, -0.1) is 0 Å². The van der Waals surface area contributed by atoms with Gasteiger partial charge in [0.05, 0.1) is 10.8 Å². The second kappa shape index (κ2) is 24.3. The quantitative estimate of drug-likeness (QED) is 0.112. The molecular formula is C34H49NO3S. The largest absolute Gasteiger partial charge is 0.507 e. The van der Waals surface area contributed by atoms with Crippen LogP contribution in [0.4, 0.5) is 0 Å². The first kappa shape index (κ1) is 34.2. The molecule has 1 aromatic carbocycles. The minimum atomic E-state index is -0.311. The van der Waals surface area contributed by atoms with Crippen molar-refractivity contribution in [2.45, 2.75) is 89.7 Å². The third-order valence-corrected chi connectivity index (χ3v) is 7.53. The first-order chi connectivity index (χ1) is 19.1. The Morgan fingerprint density at radius 2 is 1.41 bits per heavy atom. The van der Waals surface area contributed by atoms with E-state index in [1.165, 1.54) is 6.07 Å². The fourth-order valence-corrected chi connectivity index (χ4v) is 4.98. The van der Waals surface area contributed by atoms with E-state index < -0.39 is 0 Å². The van der Waals surface area contributed by atoms with E-state index in [4.69, 9.17) is 0 Å². The molecule has 0 saturated carbocycles. The zero-order chi connectivity index (χ0) is 28.4. The number of aromatic hydroxyl groups is 1. The predicted molar refractivity (Wildman–Crippen MR) is 170 cm³/mol. The Balaban J connectivity index is 2.05. The molecule has 0 aliphatic heterocycles. The van der Waals surface area contributed by atoms with Crippen molar-refractivity contribution < 1.29 is 14.7 Å². The first-order valence-electron chi connectivity index (χ1n) is 14.6. The number of unbranched alkanes of at least 4 members (excludes halogenated alkanes) is 2. The number of phenolic OH excluding ortho intramolecular Hbond substituents is 1. The zero-order valence-electron chi connectivity index (χ0n) is 24.0. The van der Waals surface area contributed by atoms with Gasteiger partial charge in [-0.05, 0) is 82.1 Å². The molecule has 39 heavy (non-hydrogen) atoms. The molecule has 4 nitrogen and oxygen atoms in total. The van der Waals surface area contributed by atoms with Gasteiger partial charge < -0.3 is 10.4 Å². The summed E-state index contributed by atoms with van der Waals surface area (Å²) in [7, 11) is 0. The Morgan fingerprint density at radius 1 is 0.821 bits per heavy atom. The summed E-state index contributed by atoms with van der Waals surface area (Å²) in [6.07, 6.45) is 32.5. The number of thioether (sulfide) groups is 1. The molecule has 5 heteroatoms. The Bertz CT molecular complexity index is 946. The average Bonchev–Trinajstić information content (AvgIpc) is 2.94. The molecule has 0 aliphatic rings. The van der Waals surface area contributed by atoms with E-state index in [9.17, 15) is 14.7 Å². The van der Waals surface area contributed by atoms with Gasteiger partial charge in [0.2, 0.25) is 0 Å². The number of benzene rings is 1. The number of Topliss-reactive ketones (excluding diaryl/α,β-unsaturated/α-hetero) is 1. The third-order valence-electron chi connectivity index (χ3n) is 6.01. The number of hydrogen-bond acceptors (Lipinski definition) is 4. The molecule has 0 bridgehead atoms. The molecule has 1 aromatic rings. The van der Waals surface area contributed by atoms with Crippen LogP contribution >= 0.6 is 11.8 Å². The fourth-order valence-electron chi connectivity index (χ4n) is 3.78. The first-order valence-corrected chi connectivity index (χ1v) is 15.6. The third kappa shape index (κ3) is 18.2. The van der Waals surface area contributed by atoms with Gasteiger partial charge in [-0.1, -0.05) is 86.7 Å². The molecule has 0 aromatic heterocycles. The number of allylic oxidation sites excluding steroid dienone is 10. The lowest BCUT2D eigenvalue weighted by atomic mass is 10.1. The lowest BCUT2D eigenvalue weighted by Gasteiger charge is -2.13. The van der Waals surface area contributed by atoms with Crippen LogP contribution in [0, 0.1) is 0 Å². The highest BCUT2D eigenvalue weighted by atomic mass is 32.2. The van der Waals surface area contributed by atoms with Crippen LogP contribution in [0.3, 0.4) is 0 Å². The Labute approximate surface area is 241 Å². The highest BCUT2D eigenvalue weighted by Crippen LogP contribution is 2.20. The Kier molecular flexibility index (Phi) is 21.3. The number of carbonyl (C=O) groups is 2. The van der Waals surface area contributed by atoms with Crippen LogP contribution in [-0.4, -0.2) is 34.3 Å². The summed E-state index contributed by atoms with van der Waals surface area (Å²) in [5.74, 6) is 0.917. The summed E-state index contributed by atoms with van der Waals surface area (Å²) in [5, 5.41) is 12.6. The van der Waals surface area contributed by atoms with Gasteiger partial charge in [0.1, 0.15) is 11.5 Å². The van der Waals surface area contributed by atoms with Crippen molar-refractivity contribution in [3.8, 4) is 5.75 Å². The van der Waals surface area contributed by atoms with Gasteiger partial charge >= 0.3 is 0 Å². The molecule has 0 spiro atoms. The predicted octanol–water partition coefficient (Wildman–Crippen LogP) is 8.90. The van der Waals surface area contributed by atoms with Crippen molar-refractivity contribution in [2.75, 3.05) is 12.3 Å². The van der Waals surface area contributed by atoms with Crippen LogP contribution in [0.25, 0.3) is 0 Å². The van der Waals surface area contributed by atoms with E-state index in [0.717, 1.165) is 63.5 Å². The molecule has 0 heterocycles. The zero-order valence-corrected chi connectivity index (χ0v) is 24.8. The van der Waals surface area contributed by atoms with Crippen LogP contribution in [0.1, 0.15) is 94.8 Å². The van der Waals surface area contributed by atoms with Crippen molar-refractivity contribution in [1.82, 2.24) is 5.32 Å². The molecule has 0 saturated heterocycles. The number of para-hydroxylation sites is 1. The SMILES string of the molecule is CC/C=C\C/C=C\C/C=C\C/C=C\C/C=C\CCCCS[C@H](CC)C(=O)CCCNC(=O)c1ccccc1O. The maximum absolute atomic E-state index is 12.6. The smallest absolute Gasteiger partial charge is 0.255 e. The van der Waals surface area contributed by atoms with Crippen LogP contribution in [0.5, 0.6) is 5.75 Å². The molecule has 0 aliphatic carbocycles. The summed E-state index contributed by atoms with van der Waals surface area (Å²) in [4.78, 5) is 24.7. The summed E-state index contributed by atoms with van der Waals surface area (Å²) >= 11 is 1.76. The maximum atomic E-state index is 12.6. The molecule has 0 unspecified atom stereocenters. The van der Waals surface area contributed by atoms with Gasteiger partial charge in [0.15, 0.2) is 0 Å². The number of nitrogens with one attached hydrogen (secondary N) is 1. The van der Waals surface area contributed by atoms with E-state index in [2.05, 4.69) is 79.9 Å². The highest BCUT2D eigenvalue weighted by Gasteiger charge is 2.16. The van der Waals surface area contributed by atoms with Crippen LogP contribution in [0.15, 0.2) is 85.0 Å². The van der Waals surface area contributed by atoms with Gasteiger partial charge in [-0.3, -0.25) is 9.59 Å². The molecule has 1 amide bonds. The van der Waals surface area contributed by atoms with Crippen molar-refractivity contribution >= 4 is 23.5 Å². The van der Waals surface area contributed by atoms with Crippen LogP contribution in [-0.2, 0) is 4.79 Å². The number of phenols is 1. The monoisotopic (exact) mass is 551 g/mol. The molecule has 0 fully saturated rings. The fraction of sp³-hybridized carbons (Fsp3) is 0.471.